The SMILES string of the molecule is Cc1cncc(COc2ccc(Br)c(CNC3CC3)c2)c1. The van der Waals surface area contributed by atoms with Gasteiger partial charge in [-0.3, -0.25) is 4.98 Å². The van der Waals surface area contributed by atoms with Gasteiger partial charge in [0.05, 0.1) is 0 Å². The molecule has 1 N–H and O–H groups in total. The average molecular weight is 347 g/mol. The van der Waals surface area contributed by atoms with Crippen molar-refractivity contribution in [2.45, 2.75) is 39.0 Å². The first-order valence-electron chi connectivity index (χ1n) is 7.26. The quantitative estimate of drug-likeness (QED) is 0.858. The first-order valence-corrected chi connectivity index (χ1v) is 8.05. The van der Waals surface area contributed by atoms with Crippen molar-refractivity contribution in [3.63, 3.8) is 0 Å². The maximum atomic E-state index is 5.88. The molecule has 0 saturated heterocycles. The lowest BCUT2D eigenvalue weighted by Gasteiger charge is -2.11. The highest BCUT2D eigenvalue weighted by Gasteiger charge is 2.20. The van der Waals surface area contributed by atoms with Gasteiger partial charge in [0, 0.05) is 35.0 Å². The van der Waals surface area contributed by atoms with Gasteiger partial charge in [-0.25, -0.2) is 0 Å². The number of pyridine rings is 1. The summed E-state index contributed by atoms with van der Waals surface area (Å²) < 4.78 is 7.00. The minimum atomic E-state index is 0.547. The summed E-state index contributed by atoms with van der Waals surface area (Å²) in [6.07, 6.45) is 6.30. The Labute approximate surface area is 133 Å². The summed E-state index contributed by atoms with van der Waals surface area (Å²) in [6, 6.07) is 8.95. The Kier molecular flexibility index (Phi) is 4.56. The van der Waals surface area contributed by atoms with Crippen LogP contribution in [0.3, 0.4) is 0 Å². The summed E-state index contributed by atoms with van der Waals surface area (Å²) in [4.78, 5) is 4.19. The van der Waals surface area contributed by atoms with Crippen LogP contribution in [-0.2, 0) is 13.2 Å². The molecule has 0 radical (unpaired) electrons. The molecule has 1 fully saturated rings. The van der Waals surface area contributed by atoms with E-state index in [2.05, 4.69) is 38.4 Å². The molecule has 1 aliphatic rings. The van der Waals surface area contributed by atoms with E-state index in [0.29, 0.717) is 12.6 Å². The van der Waals surface area contributed by atoms with Gasteiger partial charge in [0.2, 0.25) is 0 Å². The second-order valence-corrected chi connectivity index (χ2v) is 6.42. The molecule has 3 rings (SSSR count). The maximum absolute atomic E-state index is 5.88. The van der Waals surface area contributed by atoms with E-state index in [9.17, 15) is 0 Å². The molecule has 1 aromatic heterocycles. The van der Waals surface area contributed by atoms with Crippen LogP contribution in [0.2, 0.25) is 0 Å². The molecule has 4 heteroatoms. The zero-order valence-electron chi connectivity index (χ0n) is 12.1. The summed E-state index contributed by atoms with van der Waals surface area (Å²) in [5, 5.41) is 3.53. The molecule has 3 nitrogen and oxygen atoms in total. The van der Waals surface area contributed by atoms with Gasteiger partial charge in [-0.05, 0) is 55.2 Å². The number of rotatable bonds is 6. The van der Waals surface area contributed by atoms with Crippen molar-refractivity contribution in [1.82, 2.24) is 10.3 Å². The standard InChI is InChI=1S/C17H19BrN2O/c1-12-6-13(9-19-8-12)11-21-16-4-5-17(18)14(7-16)10-20-15-2-3-15/h4-9,15,20H,2-3,10-11H2,1H3. The van der Waals surface area contributed by atoms with Gasteiger partial charge in [0.1, 0.15) is 12.4 Å². The lowest BCUT2D eigenvalue weighted by molar-refractivity contribution is 0.305. The van der Waals surface area contributed by atoms with Gasteiger partial charge in [-0.15, -0.1) is 0 Å². The van der Waals surface area contributed by atoms with Crippen LogP contribution in [0.15, 0.2) is 41.1 Å². The highest BCUT2D eigenvalue weighted by molar-refractivity contribution is 9.10. The Morgan fingerprint density at radius 2 is 2.14 bits per heavy atom. The number of nitrogens with zero attached hydrogens (tertiary/aromatic N) is 1. The van der Waals surface area contributed by atoms with Gasteiger partial charge >= 0.3 is 0 Å². The van der Waals surface area contributed by atoms with Crippen molar-refractivity contribution >= 4 is 15.9 Å². The smallest absolute Gasteiger partial charge is 0.120 e. The molecule has 1 saturated carbocycles. The van der Waals surface area contributed by atoms with Gasteiger partial charge in [-0.2, -0.15) is 0 Å². The third-order valence-electron chi connectivity index (χ3n) is 3.51. The Balaban J connectivity index is 1.63. The molecular weight excluding hydrogens is 328 g/mol. The van der Waals surface area contributed by atoms with E-state index in [0.717, 1.165) is 27.9 Å². The van der Waals surface area contributed by atoms with E-state index in [1.165, 1.54) is 18.4 Å². The van der Waals surface area contributed by atoms with Crippen molar-refractivity contribution in [3.05, 3.63) is 57.8 Å². The van der Waals surface area contributed by atoms with Crippen LogP contribution in [0.25, 0.3) is 0 Å². The summed E-state index contributed by atoms with van der Waals surface area (Å²) in [7, 11) is 0. The Hall–Kier alpha value is -1.39. The third kappa shape index (κ3) is 4.29. The van der Waals surface area contributed by atoms with Crippen LogP contribution >= 0.6 is 15.9 Å². The molecule has 21 heavy (non-hydrogen) atoms. The minimum Gasteiger partial charge on any atom is -0.489 e. The lowest BCUT2D eigenvalue weighted by Crippen LogP contribution is -2.15. The summed E-state index contributed by atoms with van der Waals surface area (Å²) in [5.74, 6) is 0.896. The molecule has 0 spiro atoms. The Morgan fingerprint density at radius 1 is 1.29 bits per heavy atom. The number of aromatic nitrogens is 1. The van der Waals surface area contributed by atoms with Crippen molar-refractivity contribution in [2.24, 2.45) is 0 Å². The molecule has 2 aromatic rings. The van der Waals surface area contributed by atoms with Crippen LogP contribution in [0.4, 0.5) is 0 Å². The van der Waals surface area contributed by atoms with Crippen molar-refractivity contribution in [3.8, 4) is 5.75 Å². The van der Waals surface area contributed by atoms with Crippen LogP contribution in [-0.4, -0.2) is 11.0 Å². The molecule has 1 aromatic carbocycles. The van der Waals surface area contributed by atoms with Gasteiger partial charge in [0.25, 0.3) is 0 Å². The van der Waals surface area contributed by atoms with Crippen LogP contribution in [0, 0.1) is 6.92 Å². The predicted molar refractivity (Wildman–Crippen MR) is 87.3 cm³/mol. The number of aryl methyl sites for hydroxylation is 1. The van der Waals surface area contributed by atoms with E-state index >= 15 is 0 Å². The lowest BCUT2D eigenvalue weighted by atomic mass is 10.2. The molecular formula is C17H19BrN2O. The minimum absolute atomic E-state index is 0.547. The number of hydrogen-bond donors (Lipinski definition) is 1. The molecule has 0 bridgehead atoms. The van der Waals surface area contributed by atoms with Gasteiger partial charge in [0.15, 0.2) is 0 Å². The first kappa shape index (κ1) is 14.5. The maximum Gasteiger partial charge on any atom is 0.120 e. The van der Waals surface area contributed by atoms with E-state index in [1.54, 1.807) is 0 Å². The zero-order valence-corrected chi connectivity index (χ0v) is 13.7. The van der Waals surface area contributed by atoms with E-state index < -0.39 is 0 Å². The fourth-order valence-corrected chi connectivity index (χ4v) is 2.57. The molecule has 0 unspecified atom stereocenters. The Morgan fingerprint density at radius 3 is 2.90 bits per heavy atom. The molecule has 0 aliphatic heterocycles. The second kappa shape index (κ2) is 6.58. The summed E-state index contributed by atoms with van der Waals surface area (Å²) in [6.45, 7) is 3.47. The topological polar surface area (TPSA) is 34.1 Å². The van der Waals surface area contributed by atoms with Crippen LogP contribution in [0.5, 0.6) is 5.75 Å². The largest absolute Gasteiger partial charge is 0.489 e. The first-order chi connectivity index (χ1) is 10.2. The zero-order chi connectivity index (χ0) is 14.7. The number of halogens is 1. The predicted octanol–water partition coefficient (Wildman–Crippen LogP) is 3.98. The highest BCUT2D eigenvalue weighted by atomic mass is 79.9. The van der Waals surface area contributed by atoms with Crippen molar-refractivity contribution < 1.29 is 4.74 Å². The monoisotopic (exact) mass is 346 g/mol. The fraction of sp³-hybridized carbons (Fsp3) is 0.353. The highest BCUT2D eigenvalue weighted by Crippen LogP contribution is 2.25. The number of nitrogens with one attached hydrogen (secondary N) is 1. The molecule has 0 atom stereocenters. The van der Waals surface area contributed by atoms with Crippen LogP contribution < -0.4 is 10.1 Å². The third-order valence-corrected chi connectivity index (χ3v) is 4.29. The molecule has 0 amide bonds. The van der Waals surface area contributed by atoms with E-state index in [-0.39, 0.29) is 0 Å². The molecule has 110 valence electrons. The van der Waals surface area contributed by atoms with Crippen molar-refractivity contribution in [1.29, 1.82) is 0 Å². The summed E-state index contributed by atoms with van der Waals surface area (Å²) >= 11 is 3.60. The number of benzene rings is 1. The number of hydrogen-bond acceptors (Lipinski definition) is 3. The summed E-state index contributed by atoms with van der Waals surface area (Å²) in [5.41, 5.74) is 3.48. The van der Waals surface area contributed by atoms with E-state index in [1.807, 2.05) is 31.5 Å². The second-order valence-electron chi connectivity index (χ2n) is 5.57. The van der Waals surface area contributed by atoms with Crippen molar-refractivity contribution in [2.75, 3.05) is 0 Å². The van der Waals surface area contributed by atoms with Gasteiger partial charge in [-0.1, -0.05) is 15.9 Å². The normalized spacial score (nSPS) is 14.2. The Bertz CT molecular complexity index is 626. The number of ether oxygens (including phenoxy) is 1. The average Bonchev–Trinajstić information content (AvgIpc) is 3.29. The molecule has 1 aliphatic carbocycles. The van der Waals surface area contributed by atoms with Gasteiger partial charge < -0.3 is 10.1 Å². The molecule has 1 heterocycles. The van der Waals surface area contributed by atoms with E-state index in [4.69, 9.17) is 4.74 Å². The fourth-order valence-electron chi connectivity index (χ4n) is 2.18. The van der Waals surface area contributed by atoms with Crippen LogP contribution in [0.1, 0.15) is 29.5 Å².